The van der Waals surface area contributed by atoms with Crippen molar-refractivity contribution < 1.29 is 9.59 Å². The molecule has 28 heavy (non-hydrogen) atoms. The Morgan fingerprint density at radius 1 is 1.04 bits per heavy atom. The van der Waals surface area contributed by atoms with Gasteiger partial charge < -0.3 is 16.0 Å². The molecular weight excluding hydrogens is 350 g/mol. The summed E-state index contributed by atoms with van der Waals surface area (Å²) in [5.41, 5.74) is 8.07. The zero-order chi connectivity index (χ0) is 19.7. The molecule has 1 heterocycles. The van der Waals surface area contributed by atoms with Crippen molar-refractivity contribution in [2.75, 3.05) is 13.1 Å². The number of carbonyl (C=O) groups excluding carboxylic acids is 2. The number of hydrogen-bond donors (Lipinski definition) is 2. The van der Waals surface area contributed by atoms with Gasteiger partial charge in [-0.2, -0.15) is 0 Å². The fourth-order valence-corrected chi connectivity index (χ4v) is 5.56. The fourth-order valence-electron chi connectivity index (χ4n) is 5.56. The van der Waals surface area contributed by atoms with E-state index in [4.69, 9.17) is 5.73 Å². The Bertz CT molecular complexity index is 703. The normalized spacial score (nSPS) is 32.6. The molecule has 2 aliphatic carbocycles. The largest absolute Gasteiger partial charge is 0.353 e. The van der Waals surface area contributed by atoms with Crippen LogP contribution in [0.3, 0.4) is 0 Å². The highest BCUT2D eigenvalue weighted by Crippen LogP contribution is 2.40. The third kappa shape index (κ3) is 4.09. The second-order valence-corrected chi connectivity index (χ2v) is 9.17. The van der Waals surface area contributed by atoms with Crippen molar-refractivity contribution in [2.45, 2.75) is 64.0 Å². The minimum atomic E-state index is -0.0977. The Morgan fingerprint density at radius 2 is 1.71 bits per heavy atom. The number of likely N-dealkylation sites (tertiary alicyclic amines) is 1. The molecule has 1 aromatic rings. The number of nitrogens with one attached hydrogen (secondary N) is 1. The molecule has 1 saturated heterocycles. The van der Waals surface area contributed by atoms with Crippen LogP contribution in [0, 0.1) is 24.7 Å². The molecule has 2 saturated carbocycles. The number of hydrogen-bond acceptors (Lipinski definition) is 3. The van der Waals surface area contributed by atoms with Crippen LogP contribution in [-0.2, 0) is 4.79 Å². The van der Waals surface area contributed by atoms with Gasteiger partial charge in [0.15, 0.2) is 0 Å². The summed E-state index contributed by atoms with van der Waals surface area (Å²) in [7, 11) is 0. The van der Waals surface area contributed by atoms with Crippen LogP contribution in [-0.4, -0.2) is 41.9 Å². The lowest BCUT2D eigenvalue weighted by molar-refractivity contribution is -0.128. The molecule has 1 aliphatic heterocycles. The van der Waals surface area contributed by atoms with Crippen molar-refractivity contribution in [1.82, 2.24) is 10.2 Å². The third-order valence-electron chi connectivity index (χ3n) is 7.06. The number of piperidine rings is 1. The molecule has 152 valence electrons. The first-order valence-electron chi connectivity index (χ1n) is 10.9. The van der Waals surface area contributed by atoms with Gasteiger partial charge in [-0.1, -0.05) is 24.1 Å². The fraction of sp³-hybridized carbons (Fsp3) is 0.652. The third-order valence-corrected chi connectivity index (χ3v) is 7.06. The highest BCUT2D eigenvalue weighted by molar-refractivity contribution is 5.94. The molecular formula is C23H33N3O2. The van der Waals surface area contributed by atoms with Gasteiger partial charge in [0, 0.05) is 30.7 Å². The predicted octanol–water partition coefficient (Wildman–Crippen LogP) is 2.87. The zero-order valence-electron chi connectivity index (χ0n) is 16.9. The highest BCUT2D eigenvalue weighted by Gasteiger charge is 2.41. The number of fused-ring (bicyclic) bond motifs is 2. The standard InChI is InChI=1S/C23H33N3O2/c1-15-7-9-16(10-8-15)23(28)26-11-3-6-19(14-26)22(27)25-21-17-4-2-5-18(21)13-20(24)12-17/h7-10,17-21H,2-6,11-14,24H2,1H3,(H,25,27). The van der Waals surface area contributed by atoms with Crippen LogP contribution in [0.15, 0.2) is 24.3 Å². The second-order valence-electron chi connectivity index (χ2n) is 9.17. The molecule has 5 nitrogen and oxygen atoms in total. The Hall–Kier alpha value is -1.88. The van der Waals surface area contributed by atoms with Crippen LogP contribution in [0.4, 0.5) is 0 Å². The Balaban J connectivity index is 1.38. The van der Waals surface area contributed by atoms with Crippen molar-refractivity contribution in [3.05, 3.63) is 35.4 Å². The van der Waals surface area contributed by atoms with Crippen LogP contribution in [0.2, 0.25) is 0 Å². The SMILES string of the molecule is Cc1ccc(C(=O)N2CCCC(C(=O)NC3C4CCCC3CC(N)C4)C2)cc1. The highest BCUT2D eigenvalue weighted by atomic mass is 16.2. The number of rotatable bonds is 3. The van der Waals surface area contributed by atoms with Crippen molar-refractivity contribution in [3.8, 4) is 0 Å². The molecule has 3 N–H and O–H groups in total. The van der Waals surface area contributed by atoms with Crippen molar-refractivity contribution in [3.63, 3.8) is 0 Å². The molecule has 0 spiro atoms. The molecule has 2 bridgehead atoms. The Morgan fingerprint density at radius 3 is 2.39 bits per heavy atom. The minimum Gasteiger partial charge on any atom is -0.353 e. The summed E-state index contributed by atoms with van der Waals surface area (Å²) < 4.78 is 0. The van der Waals surface area contributed by atoms with Gasteiger partial charge >= 0.3 is 0 Å². The van der Waals surface area contributed by atoms with Gasteiger partial charge in [0.1, 0.15) is 0 Å². The topological polar surface area (TPSA) is 75.4 Å². The molecule has 3 unspecified atom stereocenters. The molecule has 3 fully saturated rings. The van der Waals surface area contributed by atoms with E-state index >= 15 is 0 Å². The van der Waals surface area contributed by atoms with Gasteiger partial charge in [0.25, 0.3) is 5.91 Å². The first-order valence-corrected chi connectivity index (χ1v) is 10.9. The molecule has 4 rings (SSSR count). The molecule has 5 heteroatoms. The summed E-state index contributed by atoms with van der Waals surface area (Å²) in [6, 6.07) is 8.27. The number of aryl methyl sites for hydroxylation is 1. The number of nitrogens with zero attached hydrogens (tertiary/aromatic N) is 1. The first kappa shape index (κ1) is 19.4. The van der Waals surface area contributed by atoms with E-state index in [1.807, 2.05) is 36.1 Å². The van der Waals surface area contributed by atoms with Crippen LogP contribution < -0.4 is 11.1 Å². The van der Waals surface area contributed by atoms with Crippen LogP contribution in [0.1, 0.15) is 60.9 Å². The monoisotopic (exact) mass is 383 g/mol. The number of benzene rings is 1. The smallest absolute Gasteiger partial charge is 0.253 e. The van der Waals surface area contributed by atoms with Crippen molar-refractivity contribution in [2.24, 2.45) is 23.5 Å². The lowest BCUT2D eigenvalue weighted by Crippen LogP contribution is -2.56. The maximum Gasteiger partial charge on any atom is 0.253 e. The average molecular weight is 384 g/mol. The van der Waals surface area contributed by atoms with E-state index in [1.54, 1.807) is 0 Å². The summed E-state index contributed by atoms with van der Waals surface area (Å²) >= 11 is 0. The number of amides is 2. The van der Waals surface area contributed by atoms with Gasteiger partial charge in [-0.3, -0.25) is 9.59 Å². The lowest BCUT2D eigenvalue weighted by atomic mass is 9.67. The molecule has 3 aliphatic rings. The summed E-state index contributed by atoms with van der Waals surface area (Å²) in [5, 5.41) is 3.39. The predicted molar refractivity (Wildman–Crippen MR) is 110 cm³/mol. The summed E-state index contributed by atoms with van der Waals surface area (Å²) in [5.74, 6) is 1.14. The summed E-state index contributed by atoms with van der Waals surface area (Å²) in [6.45, 7) is 3.28. The molecule has 0 radical (unpaired) electrons. The maximum absolute atomic E-state index is 13.0. The molecule has 3 atom stereocenters. The first-order chi connectivity index (χ1) is 13.5. The summed E-state index contributed by atoms with van der Waals surface area (Å²) in [6.07, 6.45) is 7.43. The van der Waals surface area contributed by atoms with Crippen LogP contribution >= 0.6 is 0 Å². The van der Waals surface area contributed by atoms with Gasteiger partial charge in [-0.15, -0.1) is 0 Å². The van der Waals surface area contributed by atoms with Crippen LogP contribution in [0.5, 0.6) is 0 Å². The quantitative estimate of drug-likeness (QED) is 0.843. The van der Waals surface area contributed by atoms with E-state index in [0.29, 0.717) is 30.0 Å². The van der Waals surface area contributed by atoms with E-state index in [9.17, 15) is 9.59 Å². The lowest BCUT2D eigenvalue weighted by Gasteiger charge is -2.46. The second kappa shape index (κ2) is 8.24. The van der Waals surface area contributed by atoms with E-state index in [0.717, 1.165) is 37.8 Å². The molecule has 1 aromatic carbocycles. The van der Waals surface area contributed by atoms with Gasteiger partial charge in [0.05, 0.1) is 5.92 Å². The van der Waals surface area contributed by atoms with Gasteiger partial charge in [0.2, 0.25) is 5.91 Å². The Kier molecular flexibility index (Phi) is 5.72. The Labute approximate surface area is 168 Å². The zero-order valence-corrected chi connectivity index (χ0v) is 16.9. The van der Waals surface area contributed by atoms with E-state index in [1.165, 1.54) is 19.3 Å². The molecule has 2 amide bonds. The van der Waals surface area contributed by atoms with Gasteiger partial charge in [-0.05, 0) is 69.4 Å². The van der Waals surface area contributed by atoms with Crippen molar-refractivity contribution >= 4 is 11.8 Å². The minimum absolute atomic E-state index is 0.0398. The molecule has 0 aromatic heterocycles. The van der Waals surface area contributed by atoms with Crippen LogP contribution in [0.25, 0.3) is 0 Å². The average Bonchev–Trinajstić information content (AvgIpc) is 2.69. The van der Waals surface area contributed by atoms with E-state index < -0.39 is 0 Å². The number of carbonyl (C=O) groups is 2. The van der Waals surface area contributed by atoms with Gasteiger partial charge in [-0.25, -0.2) is 0 Å². The van der Waals surface area contributed by atoms with E-state index in [-0.39, 0.29) is 23.8 Å². The van der Waals surface area contributed by atoms with E-state index in [2.05, 4.69) is 5.32 Å². The van der Waals surface area contributed by atoms with Crippen molar-refractivity contribution in [1.29, 1.82) is 0 Å². The maximum atomic E-state index is 13.0. The number of nitrogens with two attached hydrogens (primary N) is 1. The summed E-state index contributed by atoms with van der Waals surface area (Å²) in [4.78, 5) is 27.8.